The van der Waals surface area contributed by atoms with Crippen molar-refractivity contribution in [3.05, 3.63) is 187 Å². The first-order valence-electron chi connectivity index (χ1n) is 16.8. The first kappa shape index (κ1) is 27.0. The van der Waals surface area contributed by atoms with Crippen LogP contribution in [-0.4, -0.2) is 9.13 Å². The maximum absolute atomic E-state index is 2.44. The van der Waals surface area contributed by atoms with Crippen LogP contribution >= 0.6 is 0 Å². The molecule has 2 heterocycles. The fourth-order valence-electron chi connectivity index (χ4n) is 7.97. The van der Waals surface area contributed by atoms with Gasteiger partial charge in [0.05, 0.1) is 16.6 Å². The molecule has 0 radical (unpaired) electrons. The number of benzene rings is 7. The van der Waals surface area contributed by atoms with Crippen LogP contribution in [0, 0.1) is 0 Å². The third-order valence-electron chi connectivity index (χ3n) is 10.3. The second kappa shape index (κ2) is 10.7. The van der Waals surface area contributed by atoms with Crippen LogP contribution in [0.15, 0.2) is 170 Å². The zero-order valence-electron chi connectivity index (χ0n) is 26.4. The van der Waals surface area contributed by atoms with Crippen molar-refractivity contribution in [2.24, 2.45) is 0 Å². The quantitative estimate of drug-likeness (QED) is 0.187. The number of para-hydroxylation sites is 2. The summed E-state index contributed by atoms with van der Waals surface area (Å²) < 4.78 is 4.86. The summed E-state index contributed by atoms with van der Waals surface area (Å²) in [6.07, 6.45) is 5.74. The molecule has 2 aromatic heterocycles. The van der Waals surface area contributed by atoms with E-state index in [2.05, 4.69) is 185 Å². The van der Waals surface area contributed by atoms with E-state index in [1.807, 2.05) is 0 Å². The Morgan fingerprint density at radius 2 is 1.08 bits per heavy atom. The first-order valence-corrected chi connectivity index (χ1v) is 16.8. The van der Waals surface area contributed by atoms with E-state index in [0.29, 0.717) is 5.92 Å². The second-order valence-corrected chi connectivity index (χ2v) is 13.0. The highest BCUT2D eigenvalue weighted by molar-refractivity contribution is 6.09. The molecular formula is C46H32N2. The predicted octanol–water partition coefficient (Wildman–Crippen LogP) is 11.9. The number of aromatic nitrogens is 2. The van der Waals surface area contributed by atoms with Crippen LogP contribution < -0.4 is 0 Å². The lowest BCUT2D eigenvalue weighted by molar-refractivity contribution is 0.826. The average molecular weight is 613 g/mol. The molecule has 0 saturated carbocycles. The van der Waals surface area contributed by atoms with E-state index < -0.39 is 0 Å². The van der Waals surface area contributed by atoms with Crippen LogP contribution in [0.2, 0.25) is 0 Å². The first-order chi connectivity index (χ1) is 23.8. The summed E-state index contributed by atoms with van der Waals surface area (Å²) in [7, 11) is 0. The molecule has 2 heteroatoms. The summed E-state index contributed by atoms with van der Waals surface area (Å²) in [5.41, 5.74) is 12.7. The topological polar surface area (TPSA) is 9.86 Å². The maximum atomic E-state index is 2.44. The Hall–Kier alpha value is -6.12. The van der Waals surface area contributed by atoms with Crippen molar-refractivity contribution in [2.75, 3.05) is 0 Å². The normalized spacial score (nSPS) is 14.3. The van der Waals surface area contributed by atoms with Gasteiger partial charge in [-0.25, -0.2) is 0 Å². The summed E-state index contributed by atoms with van der Waals surface area (Å²) in [6, 6.07) is 59.8. The van der Waals surface area contributed by atoms with Gasteiger partial charge in [-0.2, -0.15) is 0 Å². The highest BCUT2D eigenvalue weighted by Gasteiger charge is 2.24. The monoisotopic (exact) mass is 612 g/mol. The average Bonchev–Trinajstić information content (AvgIpc) is 3.67. The molecule has 1 aliphatic carbocycles. The van der Waals surface area contributed by atoms with Crippen molar-refractivity contribution in [1.82, 2.24) is 9.13 Å². The van der Waals surface area contributed by atoms with Crippen molar-refractivity contribution in [2.45, 2.75) is 12.3 Å². The highest BCUT2D eigenvalue weighted by atomic mass is 15.0. The van der Waals surface area contributed by atoms with E-state index in [-0.39, 0.29) is 0 Å². The smallest absolute Gasteiger partial charge is 0.0541 e. The molecule has 0 N–H and O–H groups in total. The largest absolute Gasteiger partial charge is 0.310 e. The van der Waals surface area contributed by atoms with Crippen LogP contribution in [0.4, 0.5) is 0 Å². The molecule has 1 atom stereocenters. The van der Waals surface area contributed by atoms with Crippen molar-refractivity contribution < 1.29 is 0 Å². The number of hydrogen-bond donors (Lipinski definition) is 0. The number of hydrogen-bond acceptors (Lipinski definition) is 0. The van der Waals surface area contributed by atoms with Crippen LogP contribution in [0.25, 0.3) is 72.1 Å². The molecule has 1 unspecified atom stereocenters. The predicted molar refractivity (Wildman–Crippen MR) is 202 cm³/mol. The Bertz CT molecular complexity index is 2690. The maximum Gasteiger partial charge on any atom is 0.0541 e. The van der Waals surface area contributed by atoms with Gasteiger partial charge in [-0.05, 0) is 94.1 Å². The van der Waals surface area contributed by atoms with E-state index in [0.717, 1.165) is 6.42 Å². The van der Waals surface area contributed by atoms with Gasteiger partial charge in [-0.1, -0.05) is 121 Å². The lowest BCUT2D eigenvalue weighted by Crippen LogP contribution is -2.07. The lowest BCUT2D eigenvalue weighted by atomic mass is 9.86. The molecule has 9 aromatic rings. The minimum Gasteiger partial charge on any atom is -0.310 e. The molecule has 2 nitrogen and oxygen atoms in total. The Kier molecular flexibility index (Phi) is 6.04. The third kappa shape index (κ3) is 4.19. The number of rotatable bonds is 4. The van der Waals surface area contributed by atoms with Gasteiger partial charge in [0.2, 0.25) is 0 Å². The van der Waals surface area contributed by atoms with E-state index in [4.69, 9.17) is 0 Å². The van der Waals surface area contributed by atoms with Gasteiger partial charge >= 0.3 is 0 Å². The van der Waals surface area contributed by atoms with Crippen molar-refractivity contribution in [3.63, 3.8) is 0 Å². The van der Waals surface area contributed by atoms with Crippen molar-refractivity contribution in [1.29, 1.82) is 0 Å². The van der Waals surface area contributed by atoms with Crippen molar-refractivity contribution in [3.8, 4) is 22.5 Å². The van der Waals surface area contributed by atoms with Gasteiger partial charge in [0.15, 0.2) is 0 Å². The third-order valence-corrected chi connectivity index (χ3v) is 10.3. The van der Waals surface area contributed by atoms with Gasteiger partial charge in [-0.15, -0.1) is 0 Å². The zero-order valence-corrected chi connectivity index (χ0v) is 26.4. The van der Waals surface area contributed by atoms with Crippen LogP contribution in [0.3, 0.4) is 0 Å². The molecule has 0 aliphatic heterocycles. The molecule has 1 aliphatic rings. The fourth-order valence-corrected chi connectivity index (χ4v) is 7.97. The number of nitrogens with zero attached hydrogens (tertiary/aromatic N) is 2. The van der Waals surface area contributed by atoms with E-state index in [9.17, 15) is 0 Å². The molecule has 0 spiro atoms. The molecule has 0 amide bonds. The molecule has 10 rings (SSSR count). The highest BCUT2D eigenvalue weighted by Crippen LogP contribution is 2.41. The molecule has 226 valence electrons. The van der Waals surface area contributed by atoms with Gasteiger partial charge in [0.1, 0.15) is 0 Å². The zero-order chi connectivity index (χ0) is 31.6. The summed E-state index contributed by atoms with van der Waals surface area (Å²) in [6.45, 7) is 0. The Labute approximate surface area is 279 Å². The lowest BCUT2D eigenvalue weighted by Gasteiger charge is -2.20. The standard InChI is InChI=1S/C46H32N2/c1-2-10-31(11-3-1)33-18-23-37(24-19-33)47-43-16-8-6-14-39(43)41-29-35(21-26-45(41)47)36-22-27-46-42(30-36)40-15-7-9-17-44(40)48(46)38-25-20-32-12-4-5-13-34(32)28-38/h1-28,30,35H,29H2. The molecular weight excluding hydrogens is 581 g/mol. The molecule has 0 fully saturated rings. The Balaban J connectivity index is 1.06. The molecule has 48 heavy (non-hydrogen) atoms. The van der Waals surface area contributed by atoms with Crippen molar-refractivity contribution >= 4 is 49.6 Å². The van der Waals surface area contributed by atoms with Gasteiger partial charge < -0.3 is 9.13 Å². The van der Waals surface area contributed by atoms with Crippen LogP contribution in [0.1, 0.15) is 22.7 Å². The van der Waals surface area contributed by atoms with E-state index >= 15 is 0 Å². The van der Waals surface area contributed by atoms with Gasteiger partial charge in [0, 0.05) is 39.1 Å². The van der Waals surface area contributed by atoms with Gasteiger partial charge in [-0.3, -0.25) is 0 Å². The Morgan fingerprint density at radius 3 is 1.92 bits per heavy atom. The van der Waals surface area contributed by atoms with Crippen LogP contribution in [-0.2, 0) is 6.42 Å². The summed E-state index contributed by atoms with van der Waals surface area (Å²) in [5.74, 6) is 0.296. The number of allylic oxidation sites excluding steroid dienone is 1. The van der Waals surface area contributed by atoms with Crippen LogP contribution in [0.5, 0.6) is 0 Å². The SMILES string of the molecule is C1=CC(c2ccc3c(c2)c2ccccc2n3-c2ccc3ccccc3c2)Cc2c1n(-c1ccc(-c3ccccc3)cc1)c1ccccc21. The van der Waals surface area contributed by atoms with E-state index in [1.165, 1.54) is 82.8 Å². The summed E-state index contributed by atoms with van der Waals surface area (Å²) in [4.78, 5) is 0. The second-order valence-electron chi connectivity index (χ2n) is 13.0. The van der Waals surface area contributed by atoms with Gasteiger partial charge in [0.25, 0.3) is 0 Å². The molecule has 0 bridgehead atoms. The minimum atomic E-state index is 0.296. The summed E-state index contributed by atoms with van der Waals surface area (Å²) in [5, 5.41) is 6.45. The van der Waals surface area contributed by atoms with E-state index in [1.54, 1.807) is 0 Å². The molecule has 7 aromatic carbocycles. The number of fused-ring (bicyclic) bond motifs is 7. The minimum absolute atomic E-state index is 0.296. The fraction of sp³-hybridized carbons (Fsp3) is 0.0435. The summed E-state index contributed by atoms with van der Waals surface area (Å²) >= 11 is 0. The Morgan fingerprint density at radius 1 is 0.438 bits per heavy atom. The molecule has 0 saturated heterocycles.